The number of rotatable bonds is 6. The third kappa shape index (κ3) is 5.27. The normalized spacial score (nSPS) is 21.7. The van der Waals surface area contributed by atoms with Gasteiger partial charge in [0.2, 0.25) is 0 Å². The predicted molar refractivity (Wildman–Crippen MR) is 89.4 cm³/mol. The van der Waals surface area contributed by atoms with E-state index < -0.39 is 0 Å². The maximum atomic E-state index is 5.19. The van der Waals surface area contributed by atoms with Crippen LogP contribution in [0.25, 0.3) is 6.08 Å². The number of ether oxygens (including phenoxy) is 1. The van der Waals surface area contributed by atoms with Crippen LogP contribution < -0.4 is 0 Å². The maximum absolute atomic E-state index is 5.19. The van der Waals surface area contributed by atoms with Gasteiger partial charge in [0.15, 0.2) is 0 Å². The van der Waals surface area contributed by atoms with Crippen molar-refractivity contribution in [1.82, 2.24) is 9.80 Å². The third-order valence-corrected chi connectivity index (χ3v) is 4.12. The molecule has 3 nitrogen and oxygen atoms in total. The van der Waals surface area contributed by atoms with E-state index in [0.29, 0.717) is 6.04 Å². The summed E-state index contributed by atoms with van der Waals surface area (Å²) < 4.78 is 5.19. The van der Waals surface area contributed by atoms with Gasteiger partial charge in [0.1, 0.15) is 0 Å². The molecule has 1 aromatic rings. The van der Waals surface area contributed by atoms with Crippen LogP contribution in [0, 0.1) is 0 Å². The van der Waals surface area contributed by atoms with Crippen LogP contribution in [0.5, 0.6) is 0 Å². The Morgan fingerprint density at radius 3 is 2.71 bits per heavy atom. The number of hydrogen-bond donors (Lipinski definition) is 0. The van der Waals surface area contributed by atoms with Crippen LogP contribution in [0.4, 0.5) is 0 Å². The van der Waals surface area contributed by atoms with Gasteiger partial charge in [0, 0.05) is 45.9 Å². The lowest BCUT2D eigenvalue weighted by Crippen LogP contribution is -2.52. The van der Waals surface area contributed by atoms with Gasteiger partial charge in [-0.25, -0.2) is 0 Å². The Morgan fingerprint density at radius 2 is 2.05 bits per heavy atom. The quantitative estimate of drug-likeness (QED) is 0.800. The fourth-order valence-corrected chi connectivity index (χ4v) is 2.99. The Balaban J connectivity index is 1.83. The number of benzene rings is 1. The van der Waals surface area contributed by atoms with Gasteiger partial charge in [0.25, 0.3) is 0 Å². The molecule has 1 aromatic carbocycles. The van der Waals surface area contributed by atoms with Gasteiger partial charge >= 0.3 is 0 Å². The molecule has 1 heterocycles. The lowest BCUT2D eigenvalue weighted by atomic mass is 10.1. The monoisotopic (exact) mass is 288 g/mol. The highest BCUT2D eigenvalue weighted by Crippen LogP contribution is 2.13. The zero-order valence-electron chi connectivity index (χ0n) is 13.6. The highest BCUT2D eigenvalue weighted by Gasteiger charge is 2.22. The summed E-state index contributed by atoms with van der Waals surface area (Å²) in [6, 6.07) is 11.2. The third-order valence-electron chi connectivity index (χ3n) is 4.12. The Labute approximate surface area is 129 Å². The van der Waals surface area contributed by atoms with Crippen molar-refractivity contribution < 1.29 is 4.74 Å². The largest absolute Gasteiger partial charge is 0.383 e. The van der Waals surface area contributed by atoms with Crippen LogP contribution in [0.15, 0.2) is 35.9 Å². The van der Waals surface area contributed by atoms with E-state index in [0.717, 1.165) is 39.3 Å². The molecule has 0 aromatic heterocycles. The lowest BCUT2D eigenvalue weighted by Gasteiger charge is -2.39. The van der Waals surface area contributed by atoms with Crippen LogP contribution in [0.3, 0.4) is 0 Å². The van der Waals surface area contributed by atoms with Crippen LogP contribution in [0.2, 0.25) is 0 Å². The van der Waals surface area contributed by atoms with Crippen molar-refractivity contribution in [3.05, 3.63) is 41.5 Å². The summed E-state index contributed by atoms with van der Waals surface area (Å²) in [6.45, 7) is 10.9. The zero-order chi connectivity index (χ0) is 15.1. The Bertz CT molecular complexity index is 444. The van der Waals surface area contributed by atoms with Crippen molar-refractivity contribution >= 4 is 6.08 Å². The van der Waals surface area contributed by atoms with Crippen molar-refractivity contribution in [2.24, 2.45) is 0 Å². The molecule has 0 amide bonds. The zero-order valence-corrected chi connectivity index (χ0v) is 13.6. The second-order valence-corrected chi connectivity index (χ2v) is 6.01. The molecule has 1 atom stereocenters. The Hall–Kier alpha value is -1.16. The van der Waals surface area contributed by atoms with E-state index in [2.05, 4.69) is 60.1 Å². The van der Waals surface area contributed by atoms with E-state index in [9.17, 15) is 0 Å². The van der Waals surface area contributed by atoms with Crippen molar-refractivity contribution in [2.75, 3.05) is 46.4 Å². The van der Waals surface area contributed by atoms with Crippen molar-refractivity contribution in [3.63, 3.8) is 0 Å². The SMILES string of the molecule is COCCN1CCN(C/C(C)=C/c2ccccc2)CC1C. The molecule has 2 rings (SSSR count). The number of methoxy groups -OCH3 is 1. The summed E-state index contributed by atoms with van der Waals surface area (Å²) >= 11 is 0. The average Bonchev–Trinajstić information content (AvgIpc) is 2.47. The highest BCUT2D eigenvalue weighted by atomic mass is 16.5. The molecule has 1 aliphatic rings. The molecule has 0 spiro atoms. The molecule has 0 radical (unpaired) electrons. The minimum absolute atomic E-state index is 0.610. The lowest BCUT2D eigenvalue weighted by molar-refractivity contribution is 0.0631. The van der Waals surface area contributed by atoms with E-state index in [1.54, 1.807) is 7.11 Å². The number of hydrogen-bond acceptors (Lipinski definition) is 3. The summed E-state index contributed by atoms with van der Waals surface area (Å²) in [7, 11) is 1.78. The summed E-state index contributed by atoms with van der Waals surface area (Å²) in [4.78, 5) is 5.08. The van der Waals surface area contributed by atoms with Crippen LogP contribution in [-0.2, 0) is 4.74 Å². The van der Waals surface area contributed by atoms with Crippen molar-refractivity contribution in [3.8, 4) is 0 Å². The van der Waals surface area contributed by atoms with E-state index >= 15 is 0 Å². The summed E-state index contributed by atoms with van der Waals surface area (Å²) in [5, 5.41) is 0. The standard InChI is InChI=1S/C18H28N2O/c1-16(13-18-7-5-4-6-8-18)14-19-9-10-20(11-12-21-3)17(2)15-19/h4-8,13,17H,9-12,14-15H2,1-3H3/b16-13+. The van der Waals surface area contributed by atoms with E-state index in [1.807, 2.05) is 0 Å². The second-order valence-electron chi connectivity index (χ2n) is 6.01. The molecule has 1 fully saturated rings. The molecule has 0 bridgehead atoms. The molecule has 21 heavy (non-hydrogen) atoms. The minimum atomic E-state index is 0.610. The fraction of sp³-hybridized carbons (Fsp3) is 0.556. The van der Waals surface area contributed by atoms with Crippen LogP contribution in [-0.4, -0.2) is 62.3 Å². The van der Waals surface area contributed by atoms with Gasteiger partial charge in [0.05, 0.1) is 6.61 Å². The van der Waals surface area contributed by atoms with Crippen LogP contribution >= 0.6 is 0 Å². The Morgan fingerprint density at radius 1 is 1.29 bits per heavy atom. The predicted octanol–water partition coefficient (Wildman–Crippen LogP) is 2.74. The van der Waals surface area contributed by atoms with E-state index in [4.69, 9.17) is 4.74 Å². The first-order valence-electron chi connectivity index (χ1n) is 7.86. The van der Waals surface area contributed by atoms with E-state index in [-0.39, 0.29) is 0 Å². The van der Waals surface area contributed by atoms with E-state index in [1.165, 1.54) is 11.1 Å². The summed E-state index contributed by atoms with van der Waals surface area (Å²) in [5.74, 6) is 0. The van der Waals surface area contributed by atoms with Gasteiger partial charge in [-0.05, 0) is 19.4 Å². The maximum Gasteiger partial charge on any atom is 0.0589 e. The molecule has 0 aliphatic carbocycles. The van der Waals surface area contributed by atoms with Gasteiger partial charge in [-0.2, -0.15) is 0 Å². The Kier molecular flexibility index (Phi) is 6.43. The molecular weight excluding hydrogens is 260 g/mol. The molecule has 1 aliphatic heterocycles. The van der Waals surface area contributed by atoms with Crippen LogP contribution in [0.1, 0.15) is 19.4 Å². The number of nitrogens with zero attached hydrogens (tertiary/aromatic N) is 2. The molecule has 116 valence electrons. The first-order valence-corrected chi connectivity index (χ1v) is 7.86. The molecule has 1 unspecified atom stereocenters. The van der Waals surface area contributed by atoms with Gasteiger partial charge in [-0.1, -0.05) is 42.0 Å². The molecule has 0 N–H and O–H groups in total. The smallest absolute Gasteiger partial charge is 0.0589 e. The summed E-state index contributed by atoms with van der Waals surface area (Å²) in [6.07, 6.45) is 2.29. The molecular formula is C18H28N2O. The topological polar surface area (TPSA) is 15.7 Å². The summed E-state index contributed by atoms with van der Waals surface area (Å²) in [5.41, 5.74) is 2.72. The van der Waals surface area contributed by atoms with Crippen molar-refractivity contribution in [1.29, 1.82) is 0 Å². The van der Waals surface area contributed by atoms with Crippen molar-refractivity contribution in [2.45, 2.75) is 19.9 Å². The molecule has 1 saturated heterocycles. The van der Waals surface area contributed by atoms with Gasteiger partial charge in [-0.3, -0.25) is 9.80 Å². The minimum Gasteiger partial charge on any atom is -0.383 e. The van der Waals surface area contributed by atoms with Gasteiger partial charge in [-0.15, -0.1) is 0 Å². The first-order chi connectivity index (χ1) is 10.2. The number of piperazine rings is 1. The highest BCUT2D eigenvalue weighted by molar-refractivity contribution is 5.52. The molecule has 3 heteroatoms. The van der Waals surface area contributed by atoms with Gasteiger partial charge < -0.3 is 4.74 Å². The molecule has 0 saturated carbocycles. The first kappa shape index (κ1) is 16.2. The average molecular weight is 288 g/mol. The fourth-order valence-electron chi connectivity index (χ4n) is 2.99. The second kappa shape index (κ2) is 8.32.